The molecule has 3 N–H and O–H groups in total. The third-order valence-corrected chi connectivity index (χ3v) is 2.25. The molecular weight excluding hydrogens is 192 g/mol. The Morgan fingerprint density at radius 2 is 2.13 bits per heavy atom. The van der Waals surface area contributed by atoms with Gasteiger partial charge in [0.25, 0.3) is 0 Å². The van der Waals surface area contributed by atoms with Gasteiger partial charge in [-0.25, -0.2) is 5.10 Å². The second-order valence-electron chi connectivity index (χ2n) is 3.92. The van der Waals surface area contributed by atoms with Crippen molar-refractivity contribution in [2.45, 2.75) is 19.9 Å². The Hall–Kier alpha value is -1.30. The van der Waals surface area contributed by atoms with E-state index in [0.29, 0.717) is 17.9 Å². The molecule has 1 atom stereocenters. The monoisotopic (exact) mass is 212 g/mol. The third-order valence-electron chi connectivity index (χ3n) is 2.25. The highest BCUT2D eigenvalue weighted by molar-refractivity contribution is 5.34. The van der Waals surface area contributed by atoms with E-state index in [1.165, 1.54) is 0 Å². The maximum Gasteiger partial charge on any atom is 0.246 e. The lowest BCUT2D eigenvalue weighted by atomic mass is 10.3. The highest BCUT2D eigenvalue weighted by atomic mass is 15.4. The lowest BCUT2D eigenvalue weighted by molar-refractivity contribution is 0.371. The van der Waals surface area contributed by atoms with Crippen molar-refractivity contribution in [3.05, 3.63) is 0 Å². The highest BCUT2D eigenvalue weighted by Gasteiger charge is 2.16. The van der Waals surface area contributed by atoms with Crippen LogP contribution >= 0.6 is 0 Å². The van der Waals surface area contributed by atoms with Crippen LogP contribution in [0, 0.1) is 0 Å². The van der Waals surface area contributed by atoms with Gasteiger partial charge < -0.3 is 15.5 Å². The molecule has 0 amide bonds. The van der Waals surface area contributed by atoms with Crippen LogP contribution in [0.25, 0.3) is 0 Å². The molecule has 0 aromatic carbocycles. The smallest absolute Gasteiger partial charge is 0.246 e. The molecule has 0 aliphatic carbocycles. The molecule has 6 heteroatoms. The van der Waals surface area contributed by atoms with E-state index in [4.69, 9.17) is 5.73 Å². The first-order chi connectivity index (χ1) is 7.04. The first kappa shape index (κ1) is 11.8. The number of nitrogens with one attached hydrogen (secondary N) is 1. The predicted octanol–water partition coefficient (Wildman–Crippen LogP) is 0.163. The number of anilines is 2. The van der Waals surface area contributed by atoms with E-state index in [1.54, 1.807) is 0 Å². The molecular formula is C9H20N6. The van der Waals surface area contributed by atoms with Crippen LogP contribution in [0.3, 0.4) is 0 Å². The average Bonchev–Trinajstić information content (AvgIpc) is 2.51. The van der Waals surface area contributed by atoms with Gasteiger partial charge in [0.15, 0.2) is 0 Å². The number of H-pyrrole nitrogens is 1. The number of aromatic nitrogens is 3. The molecule has 1 unspecified atom stereocenters. The molecule has 1 heterocycles. The number of rotatable bonds is 5. The number of aromatic amines is 1. The summed E-state index contributed by atoms with van der Waals surface area (Å²) >= 11 is 0. The predicted molar refractivity (Wildman–Crippen MR) is 61.8 cm³/mol. The standard InChI is InChI=1S/C9H20N6/c1-5-15(7(2)6-14(3)4)9-11-8(10)12-13-9/h7H,5-6H2,1-4H3,(H3,10,11,12,13). The Labute approximate surface area is 90.5 Å². The van der Waals surface area contributed by atoms with Gasteiger partial charge in [0.2, 0.25) is 11.9 Å². The number of hydrogen-bond donors (Lipinski definition) is 2. The van der Waals surface area contributed by atoms with E-state index in [2.05, 4.69) is 52.9 Å². The zero-order chi connectivity index (χ0) is 11.4. The van der Waals surface area contributed by atoms with Crippen LogP contribution in [0.4, 0.5) is 11.9 Å². The van der Waals surface area contributed by atoms with E-state index in [-0.39, 0.29) is 0 Å². The largest absolute Gasteiger partial charge is 0.368 e. The van der Waals surface area contributed by atoms with E-state index < -0.39 is 0 Å². The quantitative estimate of drug-likeness (QED) is 0.727. The topological polar surface area (TPSA) is 74.1 Å². The number of nitrogen functional groups attached to an aromatic ring is 1. The SMILES string of the molecule is CCN(c1n[nH]c(N)n1)C(C)CN(C)C. The second kappa shape index (κ2) is 4.97. The van der Waals surface area contributed by atoms with Crippen molar-refractivity contribution in [3.63, 3.8) is 0 Å². The molecule has 0 fully saturated rings. The van der Waals surface area contributed by atoms with Crippen LogP contribution in [0.2, 0.25) is 0 Å². The number of nitrogens with two attached hydrogens (primary N) is 1. The van der Waals surface area contributed by atoms with Crippen LogP contribution in [-0.2, 0) is 0 Å². The molecule has 0 spiro atoms. The van der Waals surface area contributed by atoms with Crippen LogP contribution < -0.4 is 10.6 Å². The minimum atomic E-state index is 0.361. The summed E-state index contributed by atoms with van der Waals surface area (Å²) in [6, 6.07) is 0.361. The van der Waals surface area contributed by atoms with Gasteiger partial charge in [0.1, 0.15) is 0 Å². The fourth-order valence-corrected chi connectivity index (χ4v) is 1.67. The molecule has 15 heavy (non-hydrogen) atoms. The van der Waals surface area contributed by atoms with Crippen molar-refractivity contribution in [1.29, 1.82) is 0 Å². The van der Waals surface area contributed by atoms with E-state index in [1.807, 2.05) is 0 Å². The molecule has 1 aromatic heterocycles. The molecule has 0 aliphatic rings. The summed E-state index contributed by atoms with van der Waals surface area (Å²) in [6.45, 7) is 6.06. The molecule has 0 bridgehead atoms. The van der Waals surface area contributed by atoms with E-state index >= 15 is 0 Å². The molecule has 0 saturated heterocycles. The minimum Gasteiger partial charge on any atom is -0.368 e. The summed E-state index contributed by atoms with van der Waals surface area (Å²) in [7, 11) is 4.10. The molecule has 0 radical (unpaired) electrons. The van der Waals surface area contributed by atoms with Crippen LogP contribution in [0.1, 0.15) is 13.8 Å². The minimum absolute atomic E-state index is 0.361. The lowest BCUT2D eigenvalue weighted by Gasteiger charge is -2.28. The Balaban J connectivity index is 2.70. The Kier molecular flexibility index (Phi) is 3.90. The van der Waals surface area contributed by atoms with Gasteiger partial charge in [0, 0.05) is 19.1 Å². The molecule has 86 valence electrons. The third kappa shape index (κ3) is 3.09. The fraction of sp³-hybridized carbons (Fsp3) is 0.778. The van der Waals surface area contributed by atoms with Crippen molar-refractivity contribution in [3.8, 4) is 0 Å². The first-order valence-corrected chi connectivity index (χ1v) is 5.13. The van der Waals surface area contributed by atoms with Crippen LogP contribution in [0.15, 0.2) is 0 Å². The molecule has 0 saturated carbocycles. The normalized spacial score (nSPS) is 13.1. The zero-order valence-electron chi connectivity index (χ0n) is 9.86. The number of hydrogen-bond acceptors (Lipinski definition) is 5. The van der Waals surface area contributed by atoms with Crippen molar-refractivity contribution >= 4 is 11.9 Å². The second-order valence-corrected chi connectivity index (χ2v) is 3.92. The highest BCUT2D eigenvalue weighted by Crippen LogP contribution is 2.11. The lowest BCUT2D eigenvalue weighted by Crippen LogP contribution is -2.40. The van der Waals surface area contributed by atoms with Crippen molar-refractivity contribution in [2.75, 3.05) is 37.8 Å². The van der Waals surface area contributed by atoms with Gasteiger partial charge in [-0.1, -0.05) is 0 Å². The number of likely N-dealkylation sites (N-methyl/N-ethyl adjacent to an activating group) is 2. The van der Waals surface area contributed by atoms with Gasteiger partial charge in [0.05, 0.1) is 0 Å². The molecule has 1 rings (SSSR count). The van der Waals surface area contributed by atoms with Crippen LogP contribution in [0.5, 0.6) is 0 Å². The molecule has 0 aliphatic heterocycles. The van der Waals surface area contributed by atoms with Gasteiger partial charge in [-0.15, -0.1) is 5.10 Å². The van der Waals surface area contributed by atoms with E-state index in [0.717, 1.165) is 13.1 Å². The van der Waals surface area contributed by atoms with Crippen molar-refractivity contribution < 1.29 is 0 Å². The van der Waals surface area contributed by atoms with Gasteiger partial charge in [-0.2, -0.15) is 4.98 Å². The first-order valence-electron chi connectivity index (χ1n) is 5.13. The van der Waals surface area contributed by atoms with Crippen LogP contribution in [-0.4, -0.2) is 53.3 Å². The number of nitrogens with zero attached hydrogens (tertiary/aromatic N) is 4. The summed E-state index contributed by atoms with van der Waals surface area (Å²) < 4.78 is 0. The van der Waals surface area contributed by atoms with Crippen molar-refractivity contribution in [1.82, 2.24) is 20.1 Å². The maximum absolute atomic E-state index is 5.51. The summed E-state index contributed by atoms with van der Waals surface area (Å²) in [5, 5.41) is 6.71. The van der Waals surface area contributed by atoms with Gasteiger partial charge in [-0.05, 0) is 27.9 Å². The van der Waals surface area contributed by atoms with E-state index in [9.17, 15) is 0 Å². The summed E-state index contributed by atoms with van der Waals surface area (Å²) in [5.41, 5.74) is 5.51. The Morgan fingerprint density at radius 3 is 2.53 bits per heavy atom. The molecule has 6 nitrogen and oxygen atoms in total. The fourth-order valence-electron chi connectivity index (χ4n) is 1.67. The van der Waals surface area contributed by atoms with Crippen molar-refractivity contribution in [2.24, 2.45) is 0 Å². The summed E-state index contributed by atoms with van der Waals surface area (Å²) in [5.74, 6) is 1.03. The average molecular weight is 212 g/mol. The summed E-state index contributed by atoms with van der Waals surface area (Å²) in [4.78, 5) is 8.39. The zero-order valence-corrected chi connectivity index (χ0v) is 9.86. The van der Waals surface area contributed by atoms with Gasteiger partial charge >= 0.3 is 0 Å². The maximum atomic E-state index is 5.51. The Bertz CT molecular complexity index is 295. The Morgan fingerprint density at radius 1 is 1.47 bits per heavy atom. The van der Waals surface area contributed by atoms with Gasteiger partial charge in [-0.3, -0.25) is 0 Å². The summed E-state index contributed by atoms with van der Waals surface area (Å²) in [6.07, 6.45) is 0. The molecule has 1 aromatic rings.